The van der Waals surface area contributed by atoms with Gasteiger partial charge in [-0.1, -0.05) is 40.2 Å². The molecule has 3 aromatic rings. The maximum Gasteiger partial charge on any atom is 0.258 e. The molecule has 0 bridgehead atoms. The van der Waals surface area contributed by atoms with Crippen molar-refractivity contribution in [1.82, 2.24) is 5.32 Å². The molecule has 33 heavy (non-hydrogen) atoms. The first-order chi connectivity index (χ1) is 15.6. The van der Waals surface area contributed by atoms with Crippen LogP contribution in [0.15, 0.2) is 53.0 Å². The molecular weight excluding hydrogens is 522 g/mol. The number of anilines is 2. The third-order valence-electron chi connectivity index (χ3n) is 4.87. The van der Waals surface area contributed by atoms with E-state index in [-0.39, 0.29) is 16.7 Å². The molecule has 4 nitrogen and oxygen atoms in total. The Balaban J connectivity index is 1.81. The lowest BCUT2D eigenvalue weighted by Crippen LogP contribution is -2.32. The van der Waals surface area contributed by atoms with Crippen molar-refractivity contribution in [2.75, 3.05) is 10.6 Å². The summed E-state index contributed by atoms with van der Waals surface area (Å²) in [5.41, 5.74) is -1.46. The van der Waals surface area contributed by atoms with E-state index >= 15 is 0 Å². The van der Waals surface area contributed by atoms with Gasteiger partial charge in [-0.2, -0.15) is 0 Å². The predicted octanol–water partition coefficient (Wildman–Crippen LogP) is 6.61. The molecule has 0 fully saturated rings. The van der Waals surface area contributed by atoms with E-state index < -0.39 is 46.1 Å². The average Bonchev–Trinajstić information content (AvgIpc) is 2.78. The standard InChI is InChI=1S/C23H18BrF4N3OS/c1-11-17(26)21(31-23(33)29-12(2)13-7-9-14(24)10-8-13)19(28)18(27)20(11)30-22(32)15-5-3-4-6-16(15)25/h3-10,12H,1-2H3,(H,30,32)(H2,29,31,33). The normalized spacial score (nSPS) is 11.6. The van der Waals surface area contributed by atoms with Crippen molar-refractivity contribution < 1.29 is 22.4 Å². The fraction of sp³-hybridized carbons (Fsp3) is 0.130. The van der Waals surface area contributed by atoms with Gasteiger partial charge in [-0.3, -0.25) is 4.79 Å². The minimum atomic E-state index is -1.58. The number of amides is 1. The van der Waals surface area contributed by atoms with Crippen LogP contribution in [-0.2, 0) is 0 Å². The summed E-state index contributed by atoms with van der Waals surface area (Å²) in [6, 6.07) is 12.0. The lowest BCUT2D eigenvalue weighted by atomic mass is 10.1. The Hall–Kier alpha value is -2.98. The van der Waals surface area contributed by atoms with Crippen LogP contribution in [0.2, 0.25) is 0 Å². The quantitative estimate of drug-likeness (QED) is 0.194. The first kappa shape index (κ1) is 24.7. The number of hydrogen-bond donors (Lipinski definition) is 3. The number of carbonyl (C=O) groups excluding carboxylic acids is 1. The fourth-order valence-corrected chi connectivity index (χ4v) is 3.59. The summed E-state index contributed by atoms with van der Waals surface area (Å²) in [6.07, 6.45) is 0. The van der Waals surface area contributed by atoms with E-state index in [1.165, 1.54) is 12.1 Å². The summed E-state index contributed by atoms with van der Waals surface area (Å²) in [6.45, 7) is 2.94. The van der Waals surface area contributed by atoms with Gasteiger partial charge in [-0.05, 0) is 55.9 Å². The molecule has 0 aliphatic rings. The van der Waals surface area contributed by atoms with E-state index in [9.17, 15) is 22.4 Å². The Morgan fingerprint density at radius 3 is 2.15 bits per heavy atom. The summed E-state index contributed by atoms with van der Waals surface area (Å²) in [5, 5.41) is 7.12. The van der Waals surface area contributed by atoms with Crippen LogP contribution >= 0.6 is 28.1 Å². The van der Waals surface area contributed by atoms with E-state index in [0.29, 0.717) is 0 Å². The van der Waals surface area contributed by atoms with Gasteiger partial charge in [0.2, 0.25) is 0 Å². The van der Waals surface area contributed by atoms with Gasteiger partial charge in [0.15, 0.2) is 22.6 Å². The molecule has 1 unspecified atom stereocenters. The first-order valence-corrected chi connectivity index (χ1v) is 10.9. The molecule has 172 valence electrons. The fourth-order valence-electron chi connectivity index (χ4n) is 3.04. The number of hydrogen-bond acceptors (Lipinski definition) is 2. The Bertz CT molecular complexity index is 1190. The molecule has 0 saturated heterocycles. The Labute approximate surface area is 201 Å². The van der Waals surface area contributed by atoms with Gasteiger partial charge in [0.05, 0.1) is 17.3 Å². The van der Waals surface area contributed by atoms with Crippen LogP contribution in [0.5, 0.6) is 0 Å². The average molecular weight is 540 g/mol. The van der Waals surface area contributed by atoms with E-state index in [0.717, 1.165) is 29.1 Å². The molecule has 0 heterocycles. The topological polar surface area (TPSA) is 53.2 Å². The smallest absolute Gasteiger partial charge is 0.258 e. The van der Waals surface area contributed by atoms with Crippen LogP contribution in [0.4, 0.5) is 28.9 Å². The summed E-state index contributed by atoms with van der Waals surface area (Å²) in [5.74, 6) is -6.15. The van der Waals surface area contributed by atoms with E-state index in [4.69, 9.17) is 12.2 Å². The zero-order chi connectivity index (χ0) is 24.3. The molecule has 0 aliphatic heterocycles. The largest absolute Gasteiger partial charge is 0.356 e. The second kappa shape index (κ2) is 10.3. The number of benzene rings is 3. The third kappa shape index (κ3) is 5.51. The predicted molar refractivity (Wildman–Crippen MR) is 127 cm³/mol. The zero-order valence-electron chi connectivity index (χ0n) is 17.4. The first-order valence-electron chi connectivity index (χ1n) is 9.66. The van der Waals surface area contributed by atoms with Crippen LogP contribution in [0.1, 0.15) is 34.5 Å². The zero-order valence-corrected chi connectivity index (χ0v) is 19.8. The maximum atomic E-state index is 14.9. The van der Waals surface area contributed by atoms with E-state index in [1.54, 1.807) is 6.92 Å². The molecule has 3 rings (SSSR count). The van der Waals surface area contributed by atoms with Gasteiger partial charge in [-0.15, -0.1) is 0 Å². The molecule has 10 heteroatoms. The van der Waals surface area contributed by atoms with Gasteiger partial charge in [0.25, 0.3) is 5.91 Å². The molecular formula is C23H18BrF4N3OS. The number of halogens is 5. The Kier molecular flexibility index (Phi) is 7.70. The number of rotatable bonds is 5. The Morgan fingerprint density at radius 2 is 1.52 bits per heavy atom. The summed E-state index contributed by atoms with van der Waals surface area (Å²) >= 11 is 8.46. The van der Waals surface area contributed by atoms with Gasteiger partial charge in [0.1, 0.15) is 11.5 Å². The SMILES string of the molecule is Cc1c(F)c(NC(=S)NC(C)c2ccc(Br)cc2)c(F)c(F)c1NC(=O)c1ccccc1F. The Morgan fingerprint density at radius 1 is 0.909 bits per heavy atom. The van der Waals surface area contributed by atoms with Crippen molar-refractivity contribution in [2.24, 2.45) is 0 Å². The summed E-state index contributed by atoms with van der Waals surface area (Å²) in [4.78, 5) is 12.3. The summed E-state index contributed by atoms with van der Waals surface area (Å²) < 4.78 is 59.1. The molecule has 0 radical (unpaired) electrons. The van der Waals surface area contributed by atoms with Gasteiger partial charge in [0, 0.05) is 10.0 Å². The molecule has 0 spiro atoms. The highest BCUT2D eigenvalue weighted by molar-refractivity contribution is 9.10. The number of nitrogens with one attached hydrogen (secondary N) is 3. The third-order valence-corrected chi connectivity index (χ3v) is 5.62. The van der Waals surface area contributed by atoms with Gasteiger partial charge >= 0.3 is 0 Å². The molecule has 3 aromatic carbocycles. The lowest BCUT2D eigenvalue weighted by Gasteiger charge is -2.20. The highest BCUT2D eigenvalue weighted by atomic mass is 79.9. The van der Waals surface area contributed by atoms with E-state index in [2.05, 4.69) is 26.6 Å². The van der Waals surface area contributed by atoms with Crippen molar-refractivity contribution in [1.29, 1.82) is 0 Å². The molecule has 0 saturated carbocycles. The number of carbonyl (C=O) groups is 1. The van der Waals surface area contributed by atoms with Crippen molar-refractivity contribution in [3.8, 4) is 0 Å². The van der Waals surface area contributed by atoms with E-state index in [1.807, 2.05) is 29.6 Å². The second-order valence-electron chi connectivity index (χ2n) is 7.12. The highest BCUT2D eigenvalue weighted by Crippen LogP contribution is 2.32. The van der Waals surface area contributed by atoms with Crippen molar-refractivity contribution in [2.45, 2.75) is 19.9 Å². The molecule has 3 N–H and O–H groups in total. The molecule has 0 aromatic heterocycles. The lowest BCUT2D eigenvalue weighted by molar-refractivity contribution is 0.102. The number of thiocarbonyl (C=S) groups is 1. The van der Waals surface area contributed by atoms with Crippen molar-refractivity contribution in [3.63, 3.8) is 0 Å². The van der Waals surface area contributed by atoms with Crippen molar-refractivity contribution in [3.05, 3.63) is 93.0 Å². The monoisotopic (exact) mass is 539 g/mol. The van der Waals surface area contributed by atoms with Crippen LogP contribution in [0.25, 0.3) is 0 Å². The summed E-state index contributed by atoms with van der Waals surface area (Å²) in [7, 11) is 0. The molecule has 1 atom stereocenters. The molecule has 1 amide bonds. The molecule has 0 aliphatic carbocycles. The van der Waals surface area contributed by atoms with Gasteiger partial charge < -0.3 is 16.0 Å². The minimum absolute atomic E-state index is 0.134. The highest BCUT2D eigenvalue weighted by Gasteiger charge is 2.26. The van der Waals surface area contributed by atoms with Crippen LogP contribution in [-0.4, -0.2) is 11.0 Å². The van der Waals surface area contributed by atoms with Crippen LogP contribution in [0.3, 0.4) is 0 Å². The second-order valence-corrected chi connectivity index (χ2v) is 8.45. The maximum absolute atomic E-state index is 14.9. The van der Waals surface area contributed by atoms with Crippen LogP contribution < -0.4 is 16.0 Å². The van der Waals surface area contributed by atoms with Gasteiger partial charge in [-0.25, -0.2) is 17.6 Å². The van der Waals surface area contributed by atoms with Crippen LogP contribution in [0, 0.1) is 30.2 Å². The minimum Gasteiger partial charge on any atom is -0.356 e. The van der Waals surface area contributed by atoms with Crippen molar-refractivity contribution >= 4 is 50.5 Å².